The zero-order chi connectivity index (χ0) is 21.2. The Kier molecular flexibility index (Phi) is 7.72. The Labute approximate surface area is 178 Å². The van der Waals surface area contributed by atoms with Crippen molar-refractivity contribution in [3.63, 3.8) is 0 Å². The highest BCUT2D eigenvalue weighted by Gasteiger charge is 2.06. The van der Waals surface area contributed by atoms with Gasteiger partial charge in [-0.3, -0.25) is 4.99 Å². The number of ether oxygens (including phenoxy) is 3. The van der Waals surface area contributed by atoms with E-state index in [2.05, 4.69) is 4.99 Å². The molecule has 1 unspecified atom stereocenters. The van der Waals surface area contributed by atoms with Crippen LogP contribution in [0.3, 0.4) is 0 Å². The molecular formula is C25H28N2O3. The Morgan fingerprint density at radius 1 is 0.867 bits per heavy atom. The predicted octanol–water partition coefficient (Wildman–Crippen LogP) is 4.64. The third-order valence-electron chi connectivity index (χ3n) is 4.46. The maximum absolute atomic E-state index is 6.14. The van der Waals surface area contributed by atoms with Gasteiger partial charge in [0, 0.05) is 12.5 Å². The maximum Gasteiger partial charge on any atom is 0.123 e. The van der Waals surface area contributed by atoms with Crippen LogP contribution in [0.15, 0.2) is 83.9 Å². The summed E-state index contributed by atoms with van der Waals surface area (Å²) < 4.78 is 17.0. The fourth-order valence-corrected chi connectivity index (χ4v) is 2.94. The molecule has 0 aliphatic rings. The minimum absolute atomic E-state index is 0.101. The molecule has 0 amide bonds. The summed E-state index contributed by atoms with van der Waals surface area (Å²) in [5.74, 6) is 2.89. The van der Waals surface area contributed by atoms with Gasteiger partial charge in [0.15, 0.2) is 0 Å². The molecular weight excluding hydrogens is 376 g/mol. The van der Waals surface area contributed by atoms with E-state index in [0.29, 0.717) is 25.4 Å². The standard InChI is InChI=1S/C25H28N2O3/c1-19(30-24-13-7-11-22(16-24)28-2)17-27-25(26)15-21-10-6-12-23(14-21)29-18-20-8-4-3-5-9-20/h3-14,16,19H,15,17-18H2,1-2H3,(H2,26,27). The summed E-state index contributed by atoms with van der Waals surface area (Å²) in [5.41, 5.74) is 8.33. The SMILES string of the molecule is COc1cccc(OC(C)CN=C(N)Cc2cccc(OCc3ccccc3)c2)c1. The van der Waals surface area contributed by atoms with E-state index >= 15 is 0 Å². The Hall–Kier alpha value is -3.47. The van der Waals surface area contributed by atoms with Crippen LogP contribution in [-0.2, 0) is 13.0 Å². The average molecular weight is 405 g/mol. The van der Waals surface area contributed by atoms with Crippen LogP contribution in [0.5, 0.6) is 17.2 Å². The lowest BCUT2D eigenvalue weighted by atomic mass is 10.1. The number of nitrogens with zero attached hydrogens (tertiary/aromatic N) is 1. The van der Waals surface area contributed by atoms with Crippen molar-refractivity contribution in [3.8, 4) is 17.2 Å². The Morgan fingerprint density at radius 3 is 2.37 bits per heavy atom. The summed E-state index contributed by atoms with van der Waals surface area (Å²) in [6.45, 7) is 2.98. The molecule has 156 valence electrons. The van der Waals surface area contributed by atoms with Crippen molar-refractivity contribution in [2.45, 2.75) is 26.1 Å². The molecule has 0 aliphatic heterocycles. The molecule has 5 nitrogen and oxygen atoms in total. The van der Waals surface area contributed by atoms with E-state index < -0.39 is 0 Å². The van der Waals surface area contributed by atoms with Gasteiger partial charge in [0.05, 0.1) is 19.5 Å². The summed E-state index contributed by atoms with van der Waals surface area (Å²) >= 11 is 0. The van der Waals surface area contributed by atoms with E-state index in [1.807, 2.05) is 85.8 Å². The van der Waals surface area contributed by atoms with Gasteiger partial charge in [-0.15, -0.1) is 0 Å². The van der Waals surface area contributed by atoms with Gasteiger partial charge in [-0.05, 0) is 42.3 Å². The van der Waals surface area contributed by atoms with Gasteiger partial charge in [-0.25, -0.2) is 0 Å². The number of hydrogen-bond donors (Lipinski definition) is 1. The van der Waals surface area contributed by atoms with E-state index in [9.17, 15) is 0 Å². The Balaban J connectivity index is 1.50. The van der Waals surface area contributed by atoms with Crippen LogP contribution < -0.4 is 19.9 Å². The molecule has 3 aromatic rings. The lowest BCUT2D eigenvalue weighted by Gasteiger charge is -2.14. The molecule has 3 aromatic carbocycles. The molecule has 0 radical (unpaired) electrons. The summed E-state index contributed by atoms with van der Waals surface area (Å²) in [6, 6.07) is 25.6. The first-order valence-corrected chi connectivity index (χ1v) is 9.97. The Bertz CT molecular complexity index is 957. The maximum atomic E-state index is 6.14. The number of benzene rings is 3. The third-order valence-corrected chi connectivity index (χ3v) is 4.46. The lowest BCUT2D eigenvalue weighted by molar-refractivity contribution is 0.229. The van der Waals surface area contributed by atoms with Crippen LogP contribution in [-0.4, -0.2) is 25.6 Å². The molecule has 5 heteroatoms. The highest BCUT2D eigenvalue weighted by molar-refractivity contribution is 5.82. The number of amidine groups is 1. The fourth-order valence-electron chi connectivity index (χ4n) is 2.94. The summed E-state index contributed by atoms with van der Waals surface area (Å²) in [6.07, 6.45) is 0.463. The highest BCUT2D eigenvalue weighted by Crippen LogP contribution is 2.20. The molecule has 0 fully saturated rings. The molecule has 0 saturated carbocycles. The largest absolute Gasteiger partial charge is 0.497 e. The van der Waals surface area contributed by atoms with Crippen molar-refractivity contribution in [2.75, 3.05) is 13.7 Å². The minimum Gasteiger partial charge on any atom is -0.497 e. The normalized spacial score (nSPS) is 12.3. The van der Waals surface area contributed by atoms with Gasteiger partial charge in [-0.2, -0.15) is 0 Å². The monoisotopic (exact) mass is 404 g/mol. The van der Waals surface area contributed by atoms with Crippen LogP contribution in [0.2, 0.25) is 0 Å². The molecule has 0 aromatic heterocycles. The molecule has 0 aliphatic carbocycles. The molecule has 1 atom stereocenters. The fraction of sp³-hybridized carbons (Fsp3) is 0.240. The van der Waals surface area contributed by atoms with E-state index in [4.69, 9.17) is 19.9 Å². The number of nitrogens with two attached hydrogens (primary N) is 1. The lowest BCUT2D eigenvalue weighted by Crippen LogP contribution is -2.21. The summed E-state index contributed by atoms with van der Waals surface area (Å²) in [4.78, 5) is 4.48. The topological polar surface area (TPSA) is 66.1 Å². The second kappa shape index (κ2) is 10.9. The molecule has 3 rings (SSSR count). The van der Waals surface area contributed by atoms with Crippen molar-refractivity contribution in [2.24, 2.45) is 10.7 Å². The first-order chi connectivity index (χ1) is 14.6. The summed E-state index contributed by atoms with van der Waals surface area (Å²) in [5, 5.41) is 0. The van der Waals surface area contributed by atoms with Crippen LogP contribution >= 0.6 is 0 Å². The first kappa shape index (κ1) is 21.2. The van der Waals surface area contributed by atoms with Crippen molar-refractivity contribution < 1.29 is 14.2 Å². The van der Waals surface area contributed by atoms with Gasteiger partial charge in [0.1, 0.15) is 30.0 Å². The number of methoxy groups -OCH3 is 1. The Morgan fingerprint density at radius 2 is 1.57 bits per heavy atom. The van der Waals surface area contributed by atoms with Gasteiger partial charge >= 0.3 is 0 Å². The molecule has 30 heavy (non-hydrogen) atoms. The first-order valence-electron chi connectivity index (χ1n) is 9.97. The smallest absolute Gasteiger partial charge is 0.123 e. The van der Waals surface area contributed by atoms with Crippen LogP contribution in [0.4, 0.5) is 0 Å². The van der Waals surface area contributed by atoms with E-state index in [-0.39, 0.29) is 6.10 Å². The predicted molar refractivity (Wildman–Crippen MR) is 120 cm³/mol. The second-order valence-corrected chi connectivity index (χ2v) is 7.04. The van der Waals surface area contributed by atoms with Crippen molar-refractivity contribution in [1.82, 2.24) is 0 Å². The molecule has 0 spiro atoms. The zero-order valence-electron chi connectivity index (χ0n) is 17.5. The molecule has 0 saturated heterocycles. The number of hydrogen-bond acceptors (Lipinski definition) is 4. The number of rotatable bonds is 10. The number of aliphatic imine (C=N–C) groups is 1. The van der Waals surface area contributed by atoms with E-state index in [0.717, 1.165) is 28.4 Å². The van der Waals surface area contributed by atoms with E-state index in [1.165, 1.54) is 0 Å². The second-order valence-electron chi connectivity index (χ2n) is 7.04. The van der Waals surface area contributed by atoms with Crippen molar-refractivity contribution >= 4 is 5.84 Å². The van der Waals surface area contributed by atoms with Crippen LogP contribution in [0, 0.1) is 0 Å². The van der Waals surface area contributed by atoms with Crippen LogP contribution in [0.25, 0.3) is 0 Å². The quantitative estimate of drug-likeness (QED) is 0.395. The average Bonchev–Trinajstić information content (AvgIpc) is 2.77. The minimum atomic E-state index is -0.101. The van der Waals surface area contributed by atoms with Gasteiger partial charge < -0.3 is 19.9 Å². The summed E-state index contributed by atoms with van der Waals surface area (Å²) in [7, 11) is 1.63. The van der Waals surface area contributed by atoms with Crippen molar-refractivity contribution in [3.05, 3.63) is 90.0 Å². The van der Waals surface area contributed by atoms with Gasteiger partial charge in [0.2, 0.25) is 0 Å². The molecule has 0 heterocycles. The van der Waals surface area contributed by atoms with Crippen molar-refractivity contribution in [1.29, 1.82) is 0 Å². The van der Waals surface area contributed by atoms with Crippen LogP contribution in [0.1, 0.15) is 18.1 Å². The molecule has 0 bridgehead atoms. The van der Waals surface area contributed by atoms with E-state index in [1.54, 1.807) is 7.11 Å². The van der Waals surface area contributed by atoms with Gasteiger partial charge in [-0.1, -0.05) is 48.5 Å². The molecule has 2 N–H and O–H groups in total. The highest BCUT2D eigenvalue weighted by atomic mass is 16.5. The van der Waals surface area contributed by atoms with Gasteiger partial charge in [0.25, 0.3) is 0 Å². The zero-order valence-corrected chi connectivity index (χ0v) is 17.5. The third kappa shape index (κ3) is 6.85.